The quantitative estimate of drug-likeness (QED) is 0.387. The number of carbonyl (C=O) groups excluding carboxylic acids is 1. The Morgan fingerprint density at radius 1 is 1.19 bits per heavy atom. The fraction of sp³-hybridized carbons (Fsp3) is 0.556. The third-order valence-corrected chi connectivity index (χ3v) is 8.74. The third-order valence-electron chi connectivity index (χ3n) is 7.94. The van der Waals surface area contributed by atoms with E-state index in [9.17, 15) is 9.59 Å². The van der Waals surface area contributed by atoms with Gasteiger partial charge in [-0.25, -0.2) is 4.98 Å². The number of H-pyrrole nitrogens is 1. The smallest absolute Gasteiger partial charge is 0.255 e. The summed E-state index contributed by atoms with van der Waals surface area (Å²) >= 11 is 1.50. The first-order valence-corrected chi connectivity index (χ1v) is 14.3. The lowest BCUT2D eigenvalue weighted by Crippen LogP contribution is -2.51. The molecular formula is C27H36N6O3S. The van der Waals surface area contributed by atoms with Crippen LogP contribution in [0.2, 0.25) is 0 Å². The van der Waals surface area contributed by atoms with Gasteiger partial charge in [0.2, 0.25) is 0 Å². The standard InChI is InChI=1S/C27H36N6O3S/c1-15-11-22(37-4)21(26(34)31-15)12-30-27(35)23-17(3)33(25-24(23)28-9-10-29-25)16(2)18-5-7-19(8-6-18)32-20-13-36-14-20/h9-11,16,18-20,32H,5-8,12-14H2,1-4H3,(H,30,35)(H,31,34)/t16-,18?,19?/m1/s1. The van der Waals surface area contributed by atoms with Gasteiger partial charge in [-0.2, -0.15) is 0 Å². The Morgan fingerprint density at radius 2 is 1.92 bits per heavy atom. The number of ether oxygens (including phenoxy) is 1. The van der Waals surface area contributed by atoms with E-state index in [0.29, 0.717) is 34.6 Å². The number of amides is 1. The van der Waals surface area contributed by atoms with Gasteiger partial charge in [0.05, 0.1) is 24.8 Å². The second kappa shape index (κ2) is 11.0. The van der Waals surface area contributed by atoms with Crippen molar-refractivity contribution in [2.45, 2.75) is 76.0 Å². The number of nitrogens with zero attached hydrogens (tertiary/aromatic N) is 3. The van der Waals surface area contributed by atoms with E-state index < -0.39 is 0 Å². The third kappa shape index (κ3) is 5.19. The van der Waals surface area contributed by atoms with Gasteiger partial charge in [-0.05, 0) is 64.7 Å². The molecule has 2 aliphatic rings. The first-order chi connectivity index (χ1) is 17.9. The van der Waals surface area contributed by atoms with E-state index in [1.165, 1.54) is 11.8 Å². The van der Waals surface area contributed by atoms with Crippen molar-refractivity contribution in [1.29, 1.82) is 0 Å². The lowest BCUT2D eigenvalue weighted by Gasteiger charge is -2.37. The van der Waals surface area contributed by atoms with Crippen molar-refractivity contribution in [3.63, 3.8) is 0 Å². The highest BCUT2D eigenvalue weighted by Crippen LogP contribution is 2.37. The van der Waals surface area contributed by atoms with Gasteiger partial charge in [-0.3, -0.25) is 14.6 Å². The van der Waals surface area contributed by atoms with Crippen LogP contribution >= 0.6 is 11.8 Å². The fourth-order valence-corrected chi connectivity index (χ4v) is 6.55. The minimum atomic E-state index is -0.239. The maximum atomic E-state index is 13.5. The number of aryl methyl sites for hydroxylation is 1. The first kappa shape index (κ1) is 25.9. The molecule has 5 rings (SSSR count). The predicted octanol–water partition coefficient (Wildman–Crippen LogP) is 3.50. The van der Waals surface area contributed by atoms with Crippen LogP contribution in [-0.4, -0.2) is 57.0 Å². The molecule has 1 saturated carbocycles. The van der Waals surface area contributed by atoms with Crippen LogP contribution in [0.3, 0.4) is 0 Å². The second-order valence-electron chi connectivity index (χ2n) is 10.3. The van der Waals surface area contributed by atoms with Crippen molar-refractivity contribution in [3.05, 3.63) is 51.3 Å². The van der Waals surface area contributed by atoms with Crippen molar-refractivity contribution in [2.75, 3.05) is 19.5 Å². The van der Waals surface area contributed by atoms with Crippen LogP contribution in [0.25, 0.3) is 11.2 Å². The van der Waals surface area contributed by atoms with E-state index in [2.05, 4.69) is 37.1 Å². The molecule has 1 amide bonds. The van der Waals surface area contributed by atoms with Gasteiger partial charge in [0, 0.05) is 52.9 Å². The van der Waals surface area contributed by atoms with E-state index in [0.717, 1.165) is 60.8 Å². The van der Waals surface area contributed by atoms with Crippen molar-refractivity contribution in [2.24, 2.45) is 5.92 Å². The zero-order chi connectivity index (χ0) is 26.1. The molecule has 0 aromatic carbocycles. The molecule has 3 N–H and O–H groups in total. The molecule has 9 nitrogen and oxygen atoms in total. The summed E-state index contributed by atoms with van der Waals surface area (Å²) in [4.78, 5) is 38.9. The first-order valence-electron chi connectivity index (χ1n) is 13.1. The van der Waals surface area contributed by atoms with Gasteiger partial charge in [0.15, 0.2) is 5.65 Å². The summed E-state index contributed by atoms with van der Waals surface area (Å²) in [5, 5.41) is 6.70. The summed E-state index contributed by atoms with van der Waals surface area (Å²) in [6, 6.07) is 3.18. The van der Waals surface area contributed by atoms with E-state index in [4.69, 9.17) is 4.74 Å². The number of thioether (sulfide) groups is 1. The average molecular weight is 525 g/mol. The van der Waals surface area contributed by atoms with Crippen LogP contribution in [0.15, 0.2) is 28.2 Å². The highest BCUT2D eigenvalue weighted by Gasteiger charge is 2.32. The fourth-order valence-electron chi connectivity index (χ4n) is 5.84. The van der Waals surface area contributed by atoms with Crippen LogP contribution in [-0.2, 0) is 11.3 Å². The maximum absolute atomic E-state index is 13.5. The normalized spacial score (nSPS) is 21.1. The Kier molecular flexibility index (Phi) is 7.69. The van der Waals surface area contributed by atoms with E-state index >= 15 is 0 Å². The molecule has 1 saturated heterocycles. The van der Waals surface area contributed by atoms with Crippen molar-refractivity contribution in [3.8, 4) is 0 Å². The summed E-state index contributed by atoms with van der Waals surface area (Å²) in [6.07, 6.45) is 9.79. The summed E-state index contributed by atoms with van der Waals surface area (Å²) in [6.45, 7) is 7.86. The Labute approximate surface area is 221 Å². The summed E-state index contributed by atoms with van der Waals surface area (Å²) < 4.78 is 7.50. The predicted molar refractivity (Wildman–Crippen MR) is 145 cm³/mol. The molecule has 0 spiro atoms. The number of hydrogen-bond acceptors (Lipinski definition) is 7. The van der Waals surface area contributed by atoms with Crippen LogP contribution in [0.1, 0.15) is 66.0 Å². The van der Waals surface area contributed by atoms with Gasteiger partial charge in [0.25, 0.3) is 11.5 Å². The molecule has 37 heavy (non-hydrogen) atoms. The van der Waals surface area contributed by atoms with Gasteiger partial charge < -0.3 is 24.9 Å². The molecule has 3 aromatic heterocycles. The Morgan fingerprint density at radius 3 is 2.59 bits per heavy atom. The molecule has 0 bridgehead atoms. The second-order valence-corrected chi connectivity index (χ2v) is 11.2. The number of aromatic amines is 1. The molecule has 1 atom stereocenters. The summed E-state index contributed by atoms with van der Waals surface area (Å²) in [7, 11) is 0. The molecule has 0 radical (unpaired) electrons. The van der Waals surface area contributed by atoms with E-state index in [1.54, 1.807) is 12.4 Å². The van der Waals surface area contributed by atoms with Gasteiger partial charge in [-0.15, -0.1) is 11.8 Å². The lowest BCUT2D eigenvalue weighted by atomic mass is 9.81. The Hall–Kier alpha value is -2.69. The molecular weight excluding hydrogens is 488 g/mol. The summed E-state index contributed by atoms with van der Waals surface area (Å²) in [5.41, 5.74) is 3.92. The molecule has 10 heteroatoms. The molecule has 0 unspecified atom stereocenters. The number of hydrogen-bond donors (Lipinski definition) is 3. The zero-order valence-corrected chi connectivity index (χ0v) is 22.8. The molecule has 198 valence electrons. The highest BCUT2D eigenvalue weighted by atomic mass is 32.2. The van der Waals surface area contributed by atoms with Crippen molar-refractivity contribution >= 4 is 28.8 Å². The van der Waals surface area contributed by atoms with E-state index in [-0.39, 0.29) is 24.1 Å². The largest absolute Gasteiger partial charge is 0.378 e. The number of carbonyl (C=O) groups is 1. The van der Waals surface area contributed by atoms with Crippen LogP contribution in [0.4, 0.5) is 0 Å². The van der Waals surface area contributed by atoms with Crippen molar-refractivity contribution < 1.29 is 9.53 Å². The molecule has 2 fully saturated rings. The number of aromatic nitrogens is 4. The van der Waals surface area contributed by atoms with E-state index in [1.807, 2.05) is 26.2 Å². The SMILES string of the molecule is CSc1cc(C)[nH]c(=O)c1CNC(=O)c1c(C)n([C@H](C)C2CCC(NC3COC3)CC2)c2nccnc12. The Bertz CT molecular complexity index is 1340. The highest BCUT2D eigenvalue weighted by molar-refractivity contribution is 7.98. The maximum Gasteiger partial charge on any atom is 0.255 e. The average Bonchev–Trinajstić information content (AvgIpc) is 3.16. The Balaban J connectivity index is 1.36. The summed E-state index contributed by atoms with van der Waals surface area (Å²) in [5.74, 6) is 0.259. The van der Waals surface area contributed by atoms with Crippen LogP contribution < -0.4 is 16.2 Å². The number of pyridine rings is 1. The lowest BCUT2D eigenvalue weighted by molar-refractivity contribution is -0.0131. The van der Waals surface area contributed by atoms with Crippen LogP contribution in [0, 0.1) is 19.8 Å². The van der Waals surface area contributed by atoms with Gasteiger partial charge in [-0.1, -0.05) is 0 Å². The van der Waals surface area contributed by atoms with Gasteiger partial charge >= 0.3 is 0 Å². The van der Waals surface area contributed by atoms with Crippen molar-refractivity contribution in [1.82, 2.24) is 30.2 Å². The monoisotopic (exact) mass is 524 g/mol. The zero-order valence-electron chi connectivity index (χ0n) is 22.0. The number of rotatable bonds is 8. The topological polar surface area (TPSA) is 114 Å². The van der Waals surface area contributed by atoms with Gasteiger partial charge in [0.1, 0.15) is 5.52 Å². The number of nitrogens with one attached hydrogen (secondary N) is 3. The molecule has 3 aromatic rings. The minimum absolute atomic E-state index is 0.148. The molecule has 4 heterocycles. The molecule has 1 aliphatic carbocycles. The number of fused-ring (bicyclic) bond motifs is 1. The van der Waals surface area contributed by atoms with Crippen LogP contribution in [0.5, 0.6) is 0 Å². The molecule has 1 aliphatic heterocycles. The minimum Gasteiger partial charge on any atom is -0.378 e.